The first kappa shape index (κ1) is 14.0. The van der Waals surface area contributed by atoms with E-state index in [1.54, 1.807) is 0 Å². The van der Waals surface area contributed by atoms with Crippen LogP contribution in [0.3, 0.4) is 0 Å². The molecule has 2 heteroatoms. The summed E-state index contributed by atoms with van der Waals surface area (Å²) in [6.07, 6.45) is 2.90. The number of unbranched alkanes of at least 4 members (excludes halogenated alkanes) is 2. The Morgan fingerprint density at radius 2 is 1.94 bits per heavy atom. The van der Waals surface area contributed by atoms with Crippen molar-refractivity contribution in [2.24, 2.45) is 0 Å². The van der Waals surface area contributed by atoms with Crippen LogP contribution in [-0.2, 0) is 0 Å². The summed E-state index contributed by atoms with van der Waals surface area (Å²) in [6.45, 7) is 7.48. The Morgan fingerprint density at radius 1 is 1.18 bits per heavy atom. The molecule has 2 nitrogen and oxygen atoms in total. The van der Waals surface area contributed by atoms with Crippen molar-refractivity contribution in [2.45, 2.75) is 46.0 Å². The molecule has 0 aliphatic carbocycles. The normalized spacial score (nSPS) is 10.9. The highest BCUT2D eigenvalue weighted by Gasteiger charge is 2.04. The van der Waals surface area contributed by atoms with Crippen LogP contribution in [0.2, 0.25) is 0 Å². The van der Waals surface area contributed by atoms with E-state index in [0.29, 0.717) is 5.92 Å². The average Bonchev–Trinajstić information content (AvgIpc) is 2.30. The highest BCUT2D eigenvalue weighted by Crippen LogP contribution is 2.24. The Kier molecular flexibility index (Phi) is 6.06. The zero-order valence-corrected chi connectivity index (χ0v) is 11.2. The fourth-order valence-electron chi connectivity index (χ4n) is 1.70. The summed E-state index contributed by atoms with van der Waals surface area (Å²) in [5, 5.41) is 8.68. The maximum absolute atomic E-state index is 8.68. The number of aryl methyl sites for hydroxylation is 1. The van der Waals surface area contributed by atoms with Crippen LogP contribution in [0.5, 0.6) is 5.75 Å². The van der Waals surface area contributed by atoms with Gasteiger partial charge in [0.05, 0.1) is 6.61 Å². The summed E-state index contributed by atoms with van der Waals surface area (Å²) < 4.78 is 5.79. The van der Waals surface area contributed by atoms with Crippen LogP contribution in [0.1, 0.15) is 50.2 Å². The van der Waals surface area contributed by atoms with Gasteiger partial charge in [-0.3, -0.25) is 0 Å². The van der Waals surface area contributed by atoms with E-state index in [4.69, 9.17) is 9.84 Å². The molecule has 0 radical (unpaired) electrons. The highest BCUT2D eigenvalue weighted by molar-refractivity contribution is 5.37. The Morgan fingerprint density at radius 3 is 2.59 bits per heavy atom. The van der Waals surface area contributed by atoms with Crippen molar-refractivity contribution in [2.75, 3.05) is 13.2 Å². The second-order valence-corrected chi connectivity index (χ2v) is 4.81. The van der Waals surface area contributed by atoms with Crippen molar-refractivity contribution in [1.29, 1.82) is 0 Å². The fraction of sp³-hybridized carbons (Fsp3) is 0.600. The fourth-order valence-corrected chi connectivity index (χ4v) is 1.70. The third-order valence-electron chi connectivity index (χ3n) is 2.94. The van der Waals surface area contributed by atoms with Crippen molar-refractivity contribution in [3.63, 3.8) is 0 Å². The summed E-state index contributed by atoms with van der Waals surface area (Å²) >= 11 is 0. The molecule has 1 aromatic carbocycles. The van der Waals surface area contributed by atoms with Gasteiger partial charge in [-0.15, -0.1) is 0 Å². The van der Waals surface area contributed by atoms with Gasteiger partial charge >= 0.3 is 0 Å². The zero-order valence-electron chi connectivity index (χ0n) is 11.2. The van der Waals surface area contributed by atoms with Crippen molar-refractivity contribution >= 4 is 0 Å². The van der Waals surface area contributed by atoms with Gasteiger partial charge in [0.2, 0.25) is 0 Å². The second kappa shape index (κ2) is 7.33. The molecule has 0 aromatic heterocycles. The van der Waals surface area contributed by atoms with E-state index in [-0.39, 0.29) is 6.61 Å². The molecule has 0 unspecified atom stereocenters. The SMILES string of the molecule is Cc1ccc(C(C)C)cc1OCCCCCO. The van der Waals surface area contributed by atoms with Gasteiger partial charge in [-0.05, 0) is 49.3 Å². The van der Waals surface area contributed by atoms with Gasteiger partial charge in [-0.1, -0.05) is 26.0 Å². The molecule has 0 aliphatic rings. The summed E-state index contributed by atoms with van der Waals surface area (Å²) in [5.41, 5.74) is 2.51. The summed E-state index contributed by atoms with van der Waals surface area (Å²) in [7, 11) is 0. The van der Waals surface area contributed by atoms with Crippen LogP contribution in [0.15, 0.2) is 18.2 Å². The van der Waals surface area contributed by atoms with Crippen LogP contribution < -0.4 is 4.74 Å². The number of ether oxygens (including phenoxy) is 1. The molecule has 1 N–H and O–H groups in total. The lowest BCUT2D eigenvalue weighted by Gasteiger charge is -2.12. The molecule has 0 atom stereocenters. The minimum absolute atomic E-state index is 0.280. The molecule has 0 saturated carbocycles. The first-order valence-corrected chi connectivity index (χ1v) is 6.49. The Balaban J connectivity index is 2.49. The number of aliphatic hydroxyl groups is 1. The first-order chi connectivity index (χ1) is 8.15. The molecule has 0 amide bonds. The van der Waals surface area contributed by atoms with Crippen molar-refractivity contribution in [1.82, 2.24) is 0 Å². The van der Waals surface area contributed by atoms with Crippen LogP contribution in [0, 0.1) is 6.92 Å². The monoisotopic (exact) mass is 236 g/mol. The predicted octanol–water partition coefficient (Wildman–Crippen LogP) is 3.66. The predicted molar refractivity (Wildman–Crippen MR) is 71.7 cm³/mol. The molecule has 0 aliphatic heterocycles. The van der Waals surface area contributed by atoms with E-state index in [2.05, 4.69) is 39.0 Å². The Hall–Kier alpha value is -1.02. The lowest BCUT2D eigenvalue weighted by molar-refractivity contribution is 0.265. The van der Waals surface area contributed by atoms with Crippen molar-refractivity contribution in [3.8, 4) is 5.75 Å². The molecule has 96 valence electrons. The summed E-state index contributed by atoms with van der Waals surface area (Å²) in [5.74, 6) is 1.53. The maximum atomic E-state index is 8.68. The van der Waals surface area contributed by atoms with E-state index < -0.39 is 0 Å². The lowest BCUT2D eigenvalue weighted by atomic mass is 10.0. The number of aliphatic hydroxyl groups excluding tert-OH is 1. The van der Waals surface area contributed by atoms with Gasteiger partial charge in [0, 0.05) is 6.61 Å². The third-order valence-corrected chi connectivity index (χ3v) is 2.94. The van der Waals surface area contributed by atoms with E-state index in [9.17, 15) is 0 Å². The molecular weight excluding hydrogens is 212 g/mol. The van der Waals surface area contributed by atoms with Gasteiger partial charge < -0.3 is 9.84 Å². The van der Waals surface area contributed by atoms with E-state index in [1.165, 1.54) is 11.1 Å². The number of hydrogen-bond acceptors (Lipinski definition) is 2. The smallest absolute Gasteiger partial charge is 0.122 e. The maximum Gasteiger partial charge on any atom is 0.122 e. The van der Waals surface area contributed by atoms with Crippen molar-refractivity contribution < 1.29 is 9.84 Å². The number of benzene rings is 1. The molecule has 0 fully saturated rings. The summed E-state index contributed by atoms with van der Waals surface area (Å²) in [4.78, 5) is 0. The zero-order chi connectivity index (χ0) is 12.7. The minimum Gasteiger partial charge on any atom is -0.493 e. The number of hydrogen-bond donors (Lipinski definition) is 1. The largest absolute Gasteiger partial charge is 0.493 e. The molecule has 1 aromatic rings. The first-order valence-electron chi connectivity index (χ1n) is 6.49. The molecule has 0 spiro atoms. The standard InChI is InChI=1S/C15H24O2/c1-12(2)14-8-7-13(3)15(11-14)17-10-6-4-5-9-16/h7-8,11-12,16H,4-6,9-10H2,1-3H3. The van der Waals surface area contributed by atoms with Gasteiger partial charge in [0.25, 0.3) is 0 Å². The quantitative estimate of drug-likeness (QED) is 0.732. The molecule has 0 bridgehead atoms. The van der Waals surface area contributed by atoms with Gasteiger partial charge in [-0.2, -0.15) is 0 Å². The minimum atomic E-state index is 0.280. The van der Waals surface area contributed by atoms with Gasteiger partial charge in [0.15, 0.2) is 0 Å². The van der Waals surface area contributed by atoms with Crippen LogP contribution in [0.4, 0.5) is 0 Å². The van der Waals surface area contributed by atoms with E-state index in [1.807, 2.05) is 0 Å². The second-order valence-electron chi connectivity index (χ2n) is 4.81. The van der Waals surface area contributed by atoms with E-state index in [0.717, 1.165) is 31.6 Å². The molecule has 17 heavy (non-hydrogen) atoms. The molecule has 1 rings (SSSR count). The third kappa shape index (κ3) is 4.78. The van der Waals surface area contributed by atoms with Crippen LogP contribution >= 0.6 is 0 Å². The average molecular weight is 236 g/mol. The van der Waals surface area contributed by atoms with Gasteiger partial charge in [-0.25, -0.2) is 0 Å². The van der Waals surface area contributed by atoms with Crippen molar-refractivity contribution in [3.05, 3.63) is 29.3 Å². The topological polar surface area (TPSA) is 29.5 Å². The summed E-state index contributed by atoms with van der Waals surface area (Å²) in [6, 6.07) is 6.43. The van der Waals surface area contributed by atoms with Gasteiger partial charge in [0.1, 0.15) is 5.75 Å². The van der Waals surface area contributed by atoms with E-state index >= 15 is 0 Å². The highest BCUT2D eigenvalue weighted by atomic mass is 16.5. The number of rotatable bonds is 7. The van der Waals surface area contributed by atoms with Crippen LogP contribution in [0.25, 0.3) is 0 Å². The molecule has 0 saturated heterocycles. The Bertz CT molecular complexity index is 332. The lowest BCUT2D eigenvalue weighted by Crippen LogP contribution is -2.00. The molecular formula is C15H24O2. The van der Waals surface area contributed by atoms with Crippen LogP contribution in [-0.4, -0.2) is 18.3 Å². The Labute approximate surface area is 105 Å². The molecule has 0 heterocycles.